The molecule has 92 valence electrons. The average molecular weight is 234 g/mol. The Balaban J connectivity index is 2.52. The van der Waals surface area contributed by atoms with Crippen molar-refractivity contribution in [2.45, 2.75) is 26.8 Å². The van der Waals surface area contributed by atoms with Crippen LogP contribution in [0.15, 0.2) is 6.07 Å². The second kappa shape index (κ2) is 4.28. The molecule has 0 aromatic heterocycles. The highest BCUT2D eigenvalue weighted by Gasteiger charge is 2.27. The Morgan fingerprint density at radius 1 is 1.29 bits per heavy atom. The van der Waals surface area contributed by atoms with Gasteiger partial charge in [0.25, 0.3) is 0 Å². The Kier molecular flexibility index (Phi) is 2.96. The summed E-state index contributed by atoms with van der Waals surface area (Å²) in [7, 11) is 1.68. The number of urea groups is 1. The number of aryl methyl sites for hydroxylation is 2. The van der Waals surface area contributed by atoms with Gasteiger partial charge in [-0.05, 0) is 37.5 Å². The predicted octanol–water partition coefficient (Wildman–Crippen LogP) is 1.97. The van der Waals surface area contributed by atoms with Gasteiger partial charge < -0.3 is 15.4 Å². The number of benzene rings is 1. The maximum absolute atomic E-state index is 11.2. The van der Waals surface area contributed by atoms with E-state index in [1.165, 1.54) is 5.56 Å². The van der Waals surface area contributed by atoms with E-state index >= 15 is 0 Å². The van der Waals surface area contributed by atoms with Gasteiger partial charge in [0.15, 0.2) is 0 Å². The fraction of sp³-hybridized carbons (Fsp3) is 0.462. The summed E-state index contributed by atoms with van der Waals surface area (Å²) in [5.74, 6) is 0.886. The van der Waals surface area contributed by atoms with E-state index in [2.05, 4.69) is 30.5 Å². The predicted molar refractivity (Wildman–Crippen MR) is 66.5 cm³/mol. The van der Waals surface area contributed by atoms with Crippen molar-refractivity contribution in [1.29, 1.82) is 0 Å². The van der Waals surface area contributed by atoms with Gasteiger partial charge in [0.2, 0.25) is 0 Å². The van der Waals surface area contributed by atoms with Crippen LogP contribution < -0.4 is 15.4 Å². The number of methoxy groups -OCH3 is 1. The molecule has 1 unspecified atom stereocenters. The smallest absolute Gasteiger partial charge is 0.315 e. The summed E-state index contributed by atoms with van der Waals surface area (Å²) in [6.07, 6.45) is 0. The Morgan fingerprint density at radius 3 is 2.53 bits per heavy atom. The van der Waals surface area contributed by atoms with Crippen LogP contribution in [0.4, 0.5) is 4.79 Å². The number of amides is 2. The van der Waals surface area contributed by atoms with Crippen molar-refractivity contribution in [1.82, 2.24) is 10.6 Å². The molecule has 17 heavy (non-hydrogen) atoms. The van der Waals surface area contributed by atoms with E-state index in [0.29, 0.717) is 6.54 Å². The molecule has 1 heterocycles. The molecule has 1 aromatic rings. The van der Waals surface area contributed by atoms with Gasteiger partial charge >= 0.3 is 6.03 Å². The molecule has 2 rings (SSSR count). The molecule has 1 fully saturated rings. The second-order valence-corrected chi connectivity index (χ2v) is 4.49. The average Bonchev–Trinajstić information content (AvgIpc) is 2.69. The highest BCUT2D eigenvalue weighted by molar-refractivity contribution is 5.77. The number of ether oxygens (including phenoxy) is 1. The molecule has 0 bridgehead atoms. The number of carbonyl (C=O) groups is 1. The van der Waals surface area contributed by atoms with Crippen molar-refractivity contribution in [2.24, 2.45) is 0 Å². The summed E-state index contributed by atoms with van der Waals surface area (Å²) in [5.41, 5.74) is 4.57. The van der Waals surface area contributed by atoms with Gasteiger partial charge in [-0.1, -0.05) is 6.07 Å². The molecule has 4 heteroatoms. The molecule has 1 saturated heterocycles. The molecule has 2 N–H and O–H groups in total. The van der Waals surface area contributed by atoms with Crippen LogP contribution in [0.1, 0.15) is 28.3 Å². The molecule has 0 aliphatic carbocycles. The van der Waals surface area contributed by atoms with Crippen molar-refractivity contribution in [3.8, 4) is 5.75 Å². The van der Waals surface area contributed by atoms with Crippen molar-refractivity contribution >= 4 is 6.03 Å². The van der Waals surface area contributed by atoms with Gasteiger partial charge in [-0.2, -0.15) is 0 Å². The molecule has 0 spiro atoms. The lowest BCUT2D eigenvalue weighted by Gasteiger charge is -2.20. The number of rotatable bonds is 2. The Labute approximate surface area is 101 Å². The summed E-state index contributed by atoms with van der Waals surface area (Å²) in [6.45, 7) is 6.77. The summed E-state index contributed by atoms with van der Waals surface area (Å²) in [4.78, 5) is 11.2. The molecular weight excluding hydrogens is 216 g/mol. The van der Waals surface area contributed by atoms with Gasteiger partial charge in [0.1, 0.15) is 5.75 Å². The molecule has 0 radical (unpaired) electrons. The van der Waals surface area contributed by atoms with Crippen LogP contribution >= 0.6 is 0 Å². The van der Waals surface area contributed by atoms with E-state index in [1.807, 2.05) is 6.92 Å². The van der Waals surface area contributed by atoms with E-state index in [0.717, 1.165) is 22.4 Å². The first-order valence-electron chi connectivity index (χ1n) is 5.73. The Morgan fingerprint density at radius 2 is 2.00 bits per heavy atom. The zero-order valence-electron chi connectivity index (χ0n) is 10.7. The summed E-state index contributed by atoms with van der Waals surface area (Å²) in [6, 6.07) is 2.02. The van der Waals surface area contributed by atoms with Crippen LogP contribution in [-0.2, 0) is 0 Å². The first-order chi connectivity index (χ1) is 8.04. The van der Waals surface area contributed by atoms with Crippen LogP contribution in [-0.4, -0.2) is 19.7 Å². The van der Waals surface area contributed by atoms with Crippen molar-refractivity contribution < 1.29 is 9.53 Å². The molecule has 1 aliphatic rings. The van der Waals surface area contributed by atoms with E-state index in [4.69, 9.17) is 4.74 Å². The van der Waals surface area contributed by atoms with Gasteiger partial charge in [-0.3, -0.25) is 0 Å². The molecule has 1 aliphatic heterocycles. The highest BCUT2D eigenvalue weighted by Crippen LogP contribution is 2.34. The lowest BCUT2D eigenvalue weighted by Crippen LogP contribution is -2.22. The Hall–Kier alpha value is -1.71. The fourth-order valence-corrected chi connectivity index (χ4v) is 2.40. The molecule has 1 atom stereocenters. The van der Waals surface area contributed by atoms with Gasteiger partial charge in [0, 0.05) is 12.1 Å². The quantitative estimate of drug-likeness (QED) is 0.822. The normalized spacial score (nSPS) is 18.8. The third-order valence-corrected chi connectivity index (χ3v) is 3.36. The van der Waals surface area contributed by atoms with Crippen LogP contribution in [0.3, 0.4) is 0 Å². The van der Waals surface area contributed by atoms with E-state index in [9.17, 15) is 4.79 Å². The molecular formula is C13H18N2O2. The Bertz CT molecular complexity index is 469. The van der Waals surface area contributed by atoms with Crippen molar-refractivity contribution in [2.75, 3.05) is 13.7 Å². The largest absolute Gasteiger partial charge is 0.496 e. The van der Waals surface area contributed by atoms with Crippen LogP contribution in [0, 0.1) is 20.8 Å². The van der Waals surface area contributed by atoms with Crippen molar-refractivity contribution in [3.63, 3.8) is 0 Å². The summed E-state index contributed by atoms with van der Waals surface area (Å²) in [5, 5.41) is 5.68. The minimum absolute atomic E-state index is 0.00301. The topological polar surface area (TPSA) is 50.4 Å². The monoisotopic (exact) mass is 234 g/mol. The fourth-order valence-electron chi connectivity index (χ4n) is 2.40. The third-order valence-electron chi connectivity index (χ3n) is 3.36. The highest BCUT2D eigenvalue weighted by atomic mass is 16.5. The van der Waals surface area contributed by atoms with Crippen molar-refractivity contribution in [3.05, 3.63) is 28.3 Å². The summed E-state index contributed by atoms with van der Waals surface area (Å²) >= 11 is 0. The van der Waals surface area contributed by atoms with Gasteiger partial charge in [0.05, 0.1) is 13.2 Å². The third kappa shape index (κ3) is 1.95. The van der Waals surface area contributed by atoms with E-state index in [-0.39, 0.29) is 12.1 Å². The van der Waals surface area contributed by atoms with E-state index in [1.54, 1.807) is 7.11 Å². The molecule has 0 saturated carbocycles. The first kappa shape index (κ1) is 11.8. The minimum atomic E-state index is -0.116. The van der Waals surface area contributed by atoms with Gasteiger partial charge in [-0.25, -0.2) is 4.79 Å². The standard InChI is InChI=1S/C13H18N2O2/c1-7-5-8(2)11(12(17-4)9(7)3)10-6-14-13(16)15-10/h5,10H,6H2,1-4H3,(H2,14,15,16). The maximum atomic E-state index is 11.2. The SMILES string of the molecule is COc1c(C)c(C)cc(C)c1C1CNC(=O)N1. The second-order valence-electron chi connectivity index (χ2n) is 4.49. The lowest BCUT2D eigenvalue weighted by molar-refractivity contribution is 0.247. The maximum Gasteiger partial charge on any atom is 0.315 e. The lowest BCUT2D eigenvalue weighted by atomic mass is 9.94. The zero-order valence-corrected chi connectivity index (χ0v) is 10.7. The number of hydrogen-bond acceptors (Lipinski definition) is 2. The molecule has 4 nitrogen and oxygen atoms in total. The molecule has 2 amide bonds. The molecule has 1 aromatic carbocycles. The zero-order chi connectivity index (χ0) is 12.6. The minimum Gasteiger partial charge on any atom is -0.496 e. The van der Waals surface area contributed by atoms with Gasteiger partial charge in [-0.15, -0.1) is 0 Å². The number of carbonyl (C=O) groups excluding carboxylic acids is 1. The van der Waals surface area contributed by atoms with Crippen LogP contribution in [0.25, 0.3) is 0 Å². The van der Waals surface area contributed by atoms with E-state index < -0.39 is 0 Å². The number of nitrogens with one attached hydrogen (secondary N) is 2. The van der Waals surface area contributed by atoms with Crippen LogP contribution in [0.5, 0.6) is 5.75 Å². The summed E-state index contributed by atoms with van der Waals surface area (Å²) < 4.78 is 5.51. The van der Waals surface area contributed by atoms with Crippen LogP contribution in [0.2, 0.25) is 0 Å². The first-order valence-corrected chi connectivity index (χ1v) is 5.73. The number of hydrogen-bond donors (Lipinski definition) is 2.